The molecule has 0 unspecified atom stereocenters. The molecular weight excluding hydrogens is 503 g/mol. The zero-order valence-corrected chi connectivity index (χ0v) is 20.1. The molecule has 3 heterocycles. The van der Waals surface area contributed by atoms with Crippen LogP contribution in [0.3, 0.4) is 0 Å². The first-order valence-corrected chi connectivity index (χ1v) is 11.4. The third kappa shape index (κ3) is 5.09. The second-order valence-electron chi connectivity index (χ2n) is 8.46. The van der Waals surface area contributed by atoms with E-state index in [1.807, 2.05) is 0 Å². The number of alkyl halides is 2. The van der Waals surface area contributed by atoms with Crippen molar-refractivity contribution in [1.82, 2.24) is 19.8 Å². The van der Waals surface area contributed by atoms with Gasteiger partial charge in [0, 0.05) is 48.7 Å². The van der Waals surface area contributed by atoms with Crippen molar-refractivity contribution in [3.8, 4) is 0 Å². The number of aromatic nitrogens is 2. The van der Waals surface area contributed by atoms with Gasteiger partial charge in [-0.1, -0.05) is 17.7 Å². The average molecular weight is 526 g/mol. The number of rotatable bonds is 7. The van der Waals surface area contributed by atoms with E-state index in [0.717, 1.165) is 17.0 Å². The molecule has 4 rings (SSSR count). The molecule has 1 saturated heterocycles. The molecular formula is C23H23ClF3N5O4. The van der Waals surface area contributed by atoms with Crippen LogP contribution in [0.25, 0.3) is 0 Å². The Kier molecular flexibility index (Phi) is 7.10. The van der Waals surface area contributed by atoms with E-state index in [9.17, 15) is 27.9 Å². The molecule has 0 aliphatic carbocycles. The third-order valence-corrected chi connectivity index (χ3v) is 6.25. The number of aryl methyl sites for hydroxylation is 1. The highest BCUT2D eigenvalue weighted by Gasteiger charge is 2.49. The number of carbonyl (C=O) groups excluding carboxylic acids is 1. The van der Waals surface area contributed by atoms with E-state index in [-0.39, 0.29) is 40.8 Å². The number of imidazole rings is 1. The Morgan fingerprint density at radius 1 is 1.36 bits per heavy atom. The number of benzene rings is 1. The summed E-state index contributed by atoms with van der Waals surface area (Å²) in [6.07, 6.45) is 2.31. The smallest absolute Gasteiger partial charge is 0.338 e. The molecule has 1 fully saturated rings. The summed E-state index contributed by atoms with van der Waals surface area (Å²) in [6.45, 7) is 0.439. The standard InChI is InChI=1S/C23H23ClF3N5O4/c1-3-36-22(35)17-15(10-32-11-23(26,27)9-16(32)21(33)34)29-19(20-28-6-7-31(20)2)30-18(17)13-5-4-12(25)8-14(13)24/h4-8,16,18H,3,9-11H2,1-2H3,(H,29,30)(H,33,34)/t16-,18-/m0/s1. The lowest BCUT2D eigenvalue weighted by atomic mass is 9.95. The lowest BCUT2D eigenvalue weighted by Crippen LogP contribution is -2.44. The van der Waals surface area contributed by atoms with E-state index in [1.165, 1.54) is 12.3 Å². The Morgan fingerprint density at radius 3 is 2.72 bits per heavy atom. The van der Waals surface area contributed by atoms with Gasteiger partial charge in [-0.15, -0.1) is 0 Å². The largest absolute Gasteiger partial charge is 0.480 e. The van der Waals surface area contributed by atoms with E-state index < -0.39 is 48.7 Å². The number of nitrogens with one attached hydrogen (secondary N) is 1. The van der Waals surface area contributed by atoms with Crippen molar-refractivity contribution in [1.29, 1.82) is 0 Å². The molecule has 0 saturated carbocycles. The average Bonchev–Trinajstić information content (AvgIpc) is 3.35. The maximum absolute atomic E-state index is 14.2. The molecule has 2 aliphatic rings. The van der Waals surface area contributed by atoms with Crippen molar-refractivity contribution in [2.24, 2.45) is 12.0 Å². The summed E-state index contributed by atoms with van der Waals surface area (Å²) in [7, 11) is 1.71. The number of likely N-dealkylation sites (tertiary alicyclic amines) is 1. The predicted molar refractivity (Wildman–Crippen MR) is 123 cm³/mol. The maximum Gasteiger partial charge on any atom is 0.338 e. The molecule has 36 heavy (non-hydrogen) atoms. The Balaban J connectivity index is 1.87. The number of halogens is 4. The monoisotopic (exact) mass is 525 g/mol. The third-order valence-electron chi connectivity index (χ3n) is 5.92. The van der Waals surface area contributed by atoms with Crippen LogP contribution in [0.2, 0.25) is 5.02 Å². The number of aliphatic imine (C=N–C) groups is 1. The molecule has 2 atom stereocenters. The minimum absolute atomic E-state index is 0.00889. The molecule has 2 aliphatic heterocycles. The first-order chi connectivity index (χ1) is 17.0. The number of nitrogens with zero attached hydrogens (tertiary/aromatic N) is 4. The summed E-state index contributed by atoms with van der Waals surface area (Å²) in [5.74, 6) is -5.48. The predicted octanol–water partition coefficient (Wildman–Crippen LogP) is 2.92. The molecule has 0 bridgehead atoms. The number of carboxylic acid groups (broad SMARTS) is 1. The van der Waals surface area contributed by atoms with Crippen molar-refractivity contribution in [3.05, 3.63) is 64.1 Å². The maximum atomic E-state index is 14.2. The van der Waals surface area contributed by atoms with Crippen molar-refractivity contribution < 1.29 is 32.6 Å². The molecule has 1 aromatic carbocycles. The Bertz CT molecular complexity index is 1260. The van der Waals surface area contributed by atoms with Crippen LogP contribution >= 0.6 is 11.6 Å². The zero-order valence-electron chi connectivity index (χ0n) is 19.3. The zero-order chi connectivity index (χ0) is 26.2. The number of amidine groups is 1. The fraction of sp³-hybridized carbons (Fsp3) is 0.391. The lowest BCUT2D eigenvalue weighted by molar-refractivity contribution is -0.142. The Hall–Kier alpha value is -3.38. The van der Waals surface area contributed by atoms with Gasteiger partial charge in [0.25, 0.3) is 5.92 Å². The van der Waals surface area contributed by atoms with Gasteiger partial charge in [-0.25, -0.2) is 22.9 Å². The van der Waals surface area contributed by atoms with Gasteiger partial charge in [0.15, 0.2) is 11.7 Å². The van der Waals surface area contributed by atoms with Crippen LogP contribution in [0.15, 0.2) is 46.9 Å². The van der Waals surface area contributed by atoms with Crippen LogP contribution in [0, 0.1) is 5.82 Å². The highest BCUT2D eigenvalue weighted by molar-refractivity contribution is 6.31. The summed E-state index contributed by atoms with van der Waals surface area (Å²) in [5, 5.41) is 12.5. The fourth-order valence-electron chi connectivity index (χ4n) is 4.32. The van der Waals surface area contributed by atoms with Gasteiger partial charge in [0.05, 0.1) is 18.7 Å². The van der Waals surface area contributed by atoms with Crippen LogP contribution in [0.4, 0.5) is 13.2 Å². The number of esters is 1. The summed E-state index contributed by atoms with van der Waals surface area (Å²) in [6, 6.07) is 1.02. The molecule has 13 heteroatoms. The van der Waals surface area contributed by atoms with E-state index in [0.29, 0.717) is 5.82 Å². The van der Waals surface area contributed by atoms with Gasteiger partial charge in [0.2, 0.25) is 0 Å². The van der Waals surface area contributed by atoms with E-state index in [4.69, 9.17) is 16.3 Å². The minimum atomic E-state index is -3.22. The molecule has 192 valence electrons. The lowest BCUT2D eigenvalue weighted by Gasteiger charge is -2.30. The topological polar surface area (TPSA) is 109 Å². The molecule has 2 aromatic rings. The summed E-state index contributed by atoms with van der Waals surface area (Å²) in [4.78, 5) is 34.8. The molecule has 9 nitrogen and oxygen atoms in total. The number of carboxylic acids is 1. The first kappa shape index (κ1) is 25.7. The quantitative estimate of drug-likeness (QED) is 0.535. The summed E-state index contributed by atoms with van der Waals surface area (Å²) < 4.78 is 49.1. The van der Waals surface area contributed by atoms with Crippen LogP contribution in [-0.2, 0) is 21.4 Å². The number of ether oxygens (including phenoxy) is 1. The van der Waals surface area contributed by atoms with E-state index in [1.54, 1.807) is 24.7 Å². The van der Waals surface area contributed by atoms with Crippen LogP contribution in [-0.4, -0.2) is 69.0 Å². The number of carbonyl (C=O) groups is 2. The molecule has 1 aromatic heterocycles. The fourth-order valence-corrected chi connectivity index (χ4v) is 4.59. The second kappa shape index (κ2) is 9.94. The van der Waals surface area contributed by atoms with Gasteiger partial charge in [-0.05, 0) is 19.1 Å². The van der Waals surface area contributed by atoms with Crippen LogP contribution in [0.1, 0.15) is 30.8 Å². The van der Waals surface area contributed by atoms with E-state index in [2.05, 4.69) is 15.3 Å². The Labute approximate surface area is 209 Å². The van der Waals surface area contributed by atoms with Crippen LogP contribution < -0.4 is 5.32 Å². The summed E-state index contributed by atoms with van der Waals surface area (Å²) >= 11 is 6.32. The van der Waals surface area contributed by atoms with Crippen molar-refractivity contribution in [2.45, 2.75) is 31.4 Å². The Morgan fingerprint density at radius 2 is 2.11 bits per heavy atom. The molecule has 0 radical (unpaired) electrons. The van der Waals surface area contributed by atoms with Gasteiger partial charge in [0.1, 0.15) is 17.9 Å². The van der Waals surface area contributed by atoms with Crippen LogP contribution in [0.5, 0.6) is 0 Å². The normalized spacial score (nSPS) is 21.8. The number of hydrogen-bond acceptors (Lipinski definition) is 7. The number of hydrogen-bond donors (Lipinski definition) is 2. The number of aliphatic carboxylic acids is 1. The summed E-state index contributed by atoms with van der Waals surface area (Å²) in [5.41, 5.74) is 0.326. The van der Waals surface area contributed by atoms with Gasteiger partial charge >= 0.3 is 11.9 Å². The molecule has 0 spiro atoms. The highest BCUT2D eigenvalue weighted by atomic mass is 35.5. The van der Waals surface area contributed by atoms with E-state index >= 15 is 0 Å². The molecule has 2 N–H and O–H groups in total. The van der Waals surface area contributed by atoms with Gasteiger partial charge < -0.3 is 19.7 Å². The second-order valence-corrected chi connectivity index (χ2v) is 8.87. The minimum Gasteiger partial charge on any atom is -0.480 e. The SMILES string of the molecule is CCOC(=O)C1=C(CN2CC(F)(F)C[C@H]2C(=O)O)NC(c2nccn2C)=N[C@H]1c1ccc(F)cc1Cl. The highest BCUT2D eigenvalue weighted by Crippen LogP contribution is 2.38. The first-order valence-electron chi connectivity index (χ1n) is 11.0. The van der Waals surface area contributed by atoms with Gasteiger partial charge in [-0.2, -0.15) is 0 Å². The van der Waals surface area contributed by atoms with Gasteiger partial charge in [-0.3, -0.25) is 14.7 Å². The van der Waals surface area contributed by atoms with Crippen molar-refractivity contribution in [2.75, 3.05) is 19.7 Å². The van der Waals surface area contributed by atoms with Crippen molar-refractivity contribution >= 4 is 29.4 Å². The van der Waals surface area contributed by atoms with Crippen molar-refractivity contribution in [3.63, 3.8) is 0 Å². The molecule has 0 amide bonds.